The number of nitrogens with zero attached hydrogens (tertiary/aromatic N) is 3. The van der Waals surface area contributed by atoms with Crippen LogP contribution in [0.15, 0.2) is 42.5 Å². The van der Waals surface area contributed by atoms with Crippen LogP contribution in [0.4, 0.5) is 15.0 Å². The minimum absolute atomic E-state index is 0.0384. The van der Waals surface area contributed by atoms with E-state index in [4.69, 9.17) is 4.98 Å². The fourth-order valence-corrected chi connectivity index (χ4v) is 4.57. The Kier molecular flexibility index (Phi) is 6.10. The summed E-state index contributed by atoms with van der Waals surface area (Å²) in [6.07, 6.45) is 0.465. The third-order valence-corrected chi connectivity index (χ3v) is 6.02. The standard InChI is InChI=1S/C25H29FN4O3/c1-25(2,3)13-20(28-24(32)33)15-10-11-30(14-15)23-18-12-16(26)8-9-19(18)27-22(29-23)17-6-4-5-7-21(17)31/h4-9,12,15,20,28,31H,10-11,13-14H2,1-3H3,(H,32,33)/t15-,20?/m0/s1. The van der Waals surface area contributed by atoms with E-state index < -0.39 is 6.09 Å². The van der Waals surface area contributed by atoms with Gasteiger partial charge in [-0.25, -0.2) is 19.2 Å². The molecule has 2 heterocycles. The first kappa shape index (κ1) is 22.8. The summed E-state index contributed by atoms with van der Waals surface area (Å²) in [5.74, 6) is 0.731. The molecule has 1 aliphatic heterocycles. The van der Waals surface area contributed by atoms with Crippen molar-refractivity contribution in [3.63, 3.8) is 0 Å². The van der Waals surface area contributed by atoms with E-state index in [2.05, 4.69) is 36.0 Å². The Labute approximate surface area is 192 Å². The highest BCUT2D eigenvalue weighted by Gasteiger charge is 2.34. The van der Waals surface area contributed by atoms with Crippen molar-refractivity contribution in [3.05, 3.63) is 48.3 Å². The first-order valence-electron chi connectivity index (χ1n) is 11.1. The van der Waals surface area contributed by atoms with Gasteiger partial charge >= 0.3 is 6.09 Å². The maximum atomic E-state index is 14.1. The summed E-state index contributed by atoms with van der Waals surface area (Å²) in [6, 6.07) is 11.0. The van der Waals surface area contributed by atoms with Gasteiger partial charge in [0, 0.05) is 24.5 Å². The van der Waals surface area contributed by atoms with Crippen LogP contribution in [0.3, 0.4) is 0 Å². The van der Waals surface area contributed by atoms with Gasteiger partial charge in [-0.15, -0.1) is 0 Å². The number of benzene rings is 2. The average Bonchev–Trinajstić information content (AvgIpc) is 3.22. The number of phenols is 1. The lowest BCUT2D eigenvalue weighted by molar-refractivity contribution is 0.176. The minimum atomic E-state index is -1.03. The molecule has 174 valence electrons. The number of fused-ring (bicyclic) bond motifs is 1. The second-order valence-electron chi connectivity index (χ2n) is 9.86. The highest BCUT2D eigenvalue weighted by atomic mass is 19.1. The number of anilines is 1. The SMILES string of the molecule is CC(C)(C)CC(NC(=O)O)[C@H]1CCN(c2nc(-c3ccccc3O)nc3ccc(F)cc23)C1. The summed E-state index contributed by atoms with van der Waals surface area (Å²) >= 11 is 0. The van der Waals surface area contributed by atoms with Crippen LogP contribution in [0.1, 0.15) is 33.6 Å². The molecule has 33 heavy (non-hydrogen) atoms. The first-order chi connectivity index (χ1) is 15.6. The lowest BCUT2D eigenvalue weighted by atomic mass is 9.82. The molecule has 1 aromatic heterocycles. The van der Waals surface area contributed by atoms with Crippen molar-refractivity contribution >= 4 is 22.8 Å². The second-order valence-corrected chi connectivity index (χ2v) is 9.86. The Bertz CT molecular complexity index is 1180. The van der Waals surface area contributed by atoms with Gasteiger partial charge < -0.3 is 20.4 Å². The van der Waals surface area contributed by atoms with Gasteiger partial charge in [-0.3, -0.25) is 0 Å². The van der Waals surface area contributed by atoms with E-state index in [1.54, 1.807) is 30.3 Å². The molecule has 0 aliphatic carbocycles. The molecule has 3 aromatic rings. The Hall–Kier alpha value is -3.42. The van der Waals surface area contributed by atoms with Gasteiger partial charge in [-0.2, -0.15) is 0 Å². The van der Waals surface area contributed by atoms with Crippen molar-refractivity contribution in [2.75, 3.05) is 18.0 Å². The number of aromatic hydroxyl groups is 1. The van der Waals surface area contributed by atoms with Crippen molar-refractivity contribution in [1.82, 2.24) is 15.3 Å². The van der Waals surface area contributed by atoms with E-state index in [1.807, 2.05) is 0 Å². The molecule has 1 unspecified atom stereocenters. The van der Waals surface area contributed by atoms with E-state index >= 15 is 0 Å². The third kappa shape index (κ3) is 5.16. The minimum Gasteiger partial charge on any atom is -0.507 e. The molecular weight excluding hydrogens is 423 g/mol. The van der Waals surface area contributed by atoms with Crippen molar-refractivity contribution in [2.45, 2.75) is 39.7 Å². The van der Waals surface area contributed by atoms with Crippen LogP contribution in [0.2, 0.25) is 0 Å². The molecule has 8 heteroatoms. The molecular formula is C25H29FN4O3. The number of hydrogen-bond donors (Lipinski definition) is 3. The Morgan fingerprint density at radius 1 is 1.24 bits per heavy atom. The molecule has 0 bridgehead atoms. The Morgan fingerprint density at radius 2 is 2.00 bits per heavy atom. The smallest absolute Gasteiger partial charge is 0.404 e. The number of amides is 1. The molecule has 0 spiro atoms. The predicted octanol–water partition coefficient (Wildman–Crippen LogP) is 5.04. The van der Waals surface area contributed by atoms with Gasteiger partial charge in [0.15, 0.2) is 5.82 Å². The monoisotopic (exact) mass is 452 g/mol. The van der Waals surface area contributed by atoms with Gasteiger partial charge in [0.25, 0.3) is 0 Å². The van der Waals surface area contributed by atoms with E-state index in [0.717, 1.165) is 6.42 Å². The number of halogens is 1. The number of aromatic nitrogens is 2. The number of carbonyl (C=O) groups is 1. The van der Waals surface area contributed by atoms with Crippen LogP contribution in [0.5, 0.6) is 5.75 Å². The van der Waals surface area contributed by atoms with Gasteiger partial charge in [0.2, 0.25) is 0 Å². The fraction of sp³-hybridized carbons (Fsp3) is 0.400. The highest BCUT2D eigenvalue weighted by molar-refractivity contribution is 5.91. The number of carboxylic acid groups (broad SMARTS) is 1. The topological polar surface area (TPSA) is 98.6 Å². The van der Waals surface area contributed by atoms with Crippen molar-refractivity contribution in [2.24, 2.45) is 11.3 Å². The van der Waals surface area contributed by atoms with Crippen LogP contribution >= 0.6 is 0 Å². The summed E-state index contributed by atoms with van der Waals surface area (Å²) in [5, 5.41) is 23.0. The van der Waals surface area contributed by atoms with Gasteiger partial charge in [0.1, 0.15) is 17.4 Å². The van der Waals surface area contributed by atoms with Gasteiger partial charge in [-0.05, 0) is 54.5 Å². The molecule has 1 amide bonds. The average molecular weight is 453 g/mol. The number of rotatable bonds is 5. The maximum absolute atomic E-state index is 14.1. The van der Waals surface area contributed by atoms with Crippen LogP contribution in [-0.4, -0.2) is 45.4 Å². The maximum Gasteiger partial charge on any atom is 0.404 e. The number of nitrogens with one attached hydrogen (secondary N) is 1. The van der Waals surface area contributed by atoms with Crippen molar-refractivity contribution in [1.29, 1.82) is 0 Å². The summed E-state index contributed by atoms with van der Waals surface area (Å²) < 4.78 is 14.1. The molecule has 2 atom stereocenters. The second kappa shape index (κ2) is 8.84. The van der Waals surface area contributed by atoms with E-state index in [1.165, 1.54) is 12.1 Å². The lowest BCUT2D eigenvalue weighted by Crippen LogP contribution is -2.43. The van der Waals surface area contributed by atoms with Gasteiger partial charge in [0.05, 0.1) is 11.1 Å². The zero-order valence-electron chi connectivity index (χ0n) is 19.0. The van der Waals surface area contributed by atoms with E-state index in [0.29, 0.717) is 47.6 Å². The lowest BCUT2D eigenvalue weighted by Gasteiger charge is -2.30. The number of hydrogen-bond acceptors (Lipinski definition) is 5. The van der Waals surface area contributed by atoms with Crippen LogP contribution in [0, 0.1) is 17.2 Å². The molecule has 3 N–H and O–H groups in total. The fourth-order valence-electron chi connectivity index (χ4n) is 4.57. The normalized spacial score (nSPS) is 17.3. The quantitative estimate of drug-likeness (QED) is 0.502. The molecule has 1 fully saturated rings. The molecule has 0 saturated carbocycles. The van der Waals surface area contributed by atoms with E-state index in [9.17, 15) is 19.4 Å². The van der Waals surface area contributed by atoms with Crippen LogP contribution < -0.4 is 10.2 Å². The van der Waals surface area contributed by atoms with Crippen molar-refractivity contribution in [3.8, 4) is 17.1 Å². The zero-order chi connectivity index (χ0) is 23.8. The van der Waals surface area contributed by atoms with Gasteiger partial charge in [-0.1, -0.05) is 32.9 Å². The highest BCUT2D eigenvalue weighted by Crippen LogP contribution is 2.36. The summed E-state index contributed by atoms with van der Waals surface area (Å²) in [5.41, 5.74) is 1.04. The van der Waals surface area contributed by atoms with Crippen LogP contribution in [-0.2, 0) is 0 Å². The Balaban J connectivity index is 1.72. The van der Waals surface area contributed by atoms with Crippen molar-refractivity contribution < 1.29 is 19.4 Å². The summed E-state index contributed by atoms with van der Waals surface area (Å²) in [6.45, 7) is 7.53. The van der Waals surface area contributed by atoms with Crippen LogP contribution in [0.25, 0.3) is 22.3 Å². The molecule has 0 radical (unpaired) electrons. The largest absolute Gasteiger partial charge is 0.507 e. The van der Waals surface area contributed by atoms with E-state index in [-0.39, 0.29) is 28.9 Å². The third-order valence-electron chi connectivity index (χ3n) is 6.02. The summed E-state index contributed by atoms with van der Waals surface area (Å²) in [4.78, 5) is 22.8. The summed E-state index contributed by atoms with van der Waals surface area (Å²) in [7, 11) is 0. The number of para-hydroxylation sites is 1. The molecule has 7 nitrogen and oxygen atoms in total. The molecule has 1 saturated heterocycles. The zero-order valence-corrected chi connectivity index (χ0v) is 19.0. The Morgan fingerprint density at radius 3 is 2.70 bits per heavy atom. The molecule has 4 rings (SSSR count). The molecule has 1 aliphatic rings. The number of phenolic OH excluding ortho intramolecular Hbond substituents is 1. The molecule has 2 aromatic carbocycles. The predicted molar refractivity (Wildman–Crippen MR) is 126 cm³/mol. The first-order valence-corrected chi connectivity index (χ1v) is 11.1.